The van der Waals surface area contributed by atoms with Gasteiger partial charge in [0.1, 0.15) is 18.1 Å². The largest absolute Gasteiger partial charge is 0.481 e. The molecule has 0 spiro atoms. The molecule has 0 bridgehead atoms. The highest BCUT2D eigenvalue weighted by molar-refractivity contribution is 5.96. The summed E-state index contributed by atoms with van der Waals surface area (Å²) >= 11 is 0. The first-order valence-electron chi connectivity index (χ1n) is 10.2. The molecular weight excluding hydrogens is 396 g/mol. The molecule has 0 radical (unpaired) electrons. The highest BCUT2D eigenvalue weighted by atomic mass is 16.4. The molecule has 2 heterocycles. The standard InChI is InChI=1S/C19H30N4O7/c1-10(2)15(20)18(28)22-7-3-5-12(22)16(26)21-11(9-14(24)25)17(27)23-8-4-6-13(23)19(29)30/h10-13,15H,3-9,20H2,1-2H3,(H,21,26)(H,24,25)(H,29,30). The van der Waals surface area contributed by atoms with E-state index in [1.54, 1.807) is 13.8 Å². The highest BCUT2D eigenvalue weighted by Gasteiger charge is 2.41. The van der Waals surface area contributed by atoms with E-state index in [-0.39, 0.29) is 24.8 Å². The first-order chi connectivity index (χ1) is 14.0. The molecule has 2 aliphatic heterocycles. The molecule has 4 unspecified atom stereocenters. The predicted octanol–water partition coefficient (Wildman–Crippen LogP) is -1.00. The third-order valence-corrected chi connectivity index (χ3v) is 5.66. The maximum atomic E-state index is 12.9. The van der Waals surface area contributed by atoms with Crippen molar-refractivity contribution in [3.8, 4) is 0 Å². The molecule has 5 N–H and O–H groups in total. The van der Waals surface area contributed by atoms with E-state index in [4.69, 9.17) is 5.73 Å². The summed E-state index contributed by atoms with van der Waals surface area (Å²) in [7, 11) is 0. The molecule has 3 amide bonds. The average Bonchev–Trinajstić information content (AvgIpc) is 3.34. The van der Waals surface area contributed by atoms with Gasteiger partial charge in [-0.15, -0.1) is 0 Å². The van der Waals surface area contributed by atoms with Crippen LogP contribution in [-0.2, 0) is 24.0 Å². The molecule has 0 aromatic carbocycles. The van der Waals surface area contributed by atoms with Crippen molar-refractivity contribution in [2.45, 2.75) is 70.1 Å². The Bertz CT molecular complexity index is 711. The summed E-state index contributed by atoms with van der Waals surface area (Å²) in [5, 5.41) is 20.9. The number of hydrogen-bond donors (Lipinski definition) is 4. The van der Waals surface area contributed by atoms with Crippen LogP contribution < -0.4 is 11.1 Å². The Kier molecular flexibility index (Phi) is 7.77. The highest BCUT2D eigenvalue weighted by Crippen LogP contribution is 2.22. The topological polar surface area (TPSA) is 170 Å². The van der Waals surface area contributed by atoms with Gasteiger partial charge in [0.2, 0.25) is 17.7 Å². The Morgan fingerprint density at radius 1 is 0.967 bits per heavy atom. The second kappa shape index (κ2) is 9.88. The minimum atomic E-state index is -1.41. The third kappa shape index (κ3) is 5.26. The molecule has 11 nitrogen and oxygen atoms in total. The van der Waals surface area contributed by atoms with Crippen LogP contribution in [0.5, 0.6) is 0 Å². The van der Waals surface area contributed by atoms with Crippen molar-refractivity contribution in [1.82, 2.24) is 15.1 Å². The van der Waals surface area contributed by atoms with Gasteiger partial charge in [-0.25, -0.2) is 4.79 Å². The summed E-state index contributed by atoms with van der Waals surface area (Å²) < 4.78 is 0. The van der Waals surface area contributed by atoms with Gasteiger partial charge >= 0.3 is 11.9 Å². The van der Waals surface area contributed by atoms with Crippen molar-refractivity contribution < 1.29 is 34.2 Å². The van der Waals surface area contributed by atoms with Gasteiger partial charge in [0, 0.05) is 13.1 Å². The van der Waals surface area contributed by atoms with E-state index in [0.29, 0.717) is 25.8 Å². The lowest BCUT2D eigenvalue weighted by Crippen LogP contribution is -2.57. The second-order valence-electron chi connectivity index (χ2n) is 8.15. The van der Waals surface area contributed by atoms with Crippen molar-refractivity contribution in [3.05, 3.63) is 0 Å². The summed E-state index contributed by atoms with van der Waals surface area (Å²) in [5.74, 6) is -4.34. The smallest absolute Gasteiger partial charge is 0.326 e. The van der Waals surface area contributed by atoms with Crippen LogP contribution >= 0.6 is 0 Å². The monoisotopic (exact) mass is 426 g/mol. The first-order valence-corrected chi connectivity index (χ1v) is 10.2. The molecule has 0 aliphatic carbocycles. The van der Waals surface area contributed by atoms with Gasteiger partial charge in [-0.05, 0) is 31.6 Å². The number of nitrogens with one attached hydrogen (secondary N) is 1. The molecule has 0 aromatic heterocycles. The van der Waals surface area contributed by atoms with E-state index >= 15 is 0 Å². The molecule has 2 fully saturated rings. The maximum absolute atomic E-state index is 12.9. The van der Waals surface area contributed by atoms with Crippen molar-refractivity contribution in [2.75, 3.05) is 13.1 Å². The van der Waals surface area contributed by atoms with Gasteiger partial charge in [-0.3, -0.25) is 19.2 Å². The fraction of sp³-hybridized carbons (Fsp3) is 0.737. The Balaban J connectivity index is 2.14. The molecule has 0 saturated carbocycles. The van der Waals surface area contributed by atoms with Gasteiger partial charge in [0.25, 0.3) is 0 Å². The normalized spacial score (nSPS) is 23.3. The minimum Gasteiger partial charge on any atom is -0.481 e. The van der Waals surface area contributed by atoms with Crippen LogP contribution in [0, 0.1) is 5.92 Å². The number of carbonyl (C=O) groups is 5. The van der Waals surface area contributed by atoms with Gasteiger partial charge < -0.3 is 31.1 Å². The quantitative estimate of drug-likeness (QED) is 0.383. The van der Waals surface area contributed by atoms with Crippen molar-refractivity contribution >= 4 is 29.7 Å². The van der Waals surface area contributed by atoms with E-state index in [9.17, 15) is 34.2 Å². The number of carboxylic acids is 2. The second-order valence-corrected chi connectivity index (χ2v) is 8.15. The van der Waals surface area contributed by atoms with Crippen molar-refractivity contribution in [3.63, 3.8) is 0 Å². The minimum absolute atomic E-state index is 0.119. The van der Waals surface area contributed by atoms with Crippen LogP contribution in [0.3, 0.4) is 0 Å². The fourth-order valence-corrected chi connectivity index (χ4v) is 3.91. The van der Waals surface area contributed by atoms with E-state index in [2.05, 4.69) is 5.32 Å². The van der Waals surface area contributed by atoms with Crippen LogP contribution in [0.25, 0.3) is 0 Å². The number of carbonyl (C=O) groups excluding carboxylic acids is 3. The van der Waals surface area contributed by atoms with E-state index in [1.165, 1.54) is 4.90 Å². The number of nitrogens with zero attached hydrogens (tertiary/aromatic N) is 2. The summed E-state index contributed by atoms with van der Waals surface area (Å²) in [4.78, 5) is 63.4. The number of likely N-dealkylation sites (tertiary alicyclic amines) is 2. The SMILES string of the molecule is CC(C)C(N)C(=O)N1CCCC1C(=O)NC(CC(=O)O)C(=O)N1CCCC1C(=O)O. The van der Waals surface area contributed by atoms with Gasteiger partial charge in [0.15, 0.2) is 0 Å². The molecule has 11 heteroatoms. The molecule has 30 heavy (non-hydrogen) atoms. The molecule has 2 aliphatic rings. The third-order valence-electron chi connectivity index (χ3n) is 5.66. The van der Waals surface area contributed by atoms with Crippen LogP contribution in [0.15, 0.2) is 0 Å². The van der Waals surface area contributed by atoms with Gasteiger partial charge in [-0.1, -0.05) is 13.8 Å². The molecule has 4 atom stereocenters. The van der Waals surface area contributed by atoms with Crippen LogP contribution in [0.4, 0.5) is 0 Å². The van der Waals surface area contributed by atoms with Crippen LogP contribution in [0.2, 0.25) is 0 Å². The van der Waals surface area contributed by atoms with Gasteiger partial charge in [-0.2, -0.15) is 0 Å². The van der Waals surface area contributed by atoms with E-state index in [1.807, 2.05) is 0 Å². The number of amides is 3. The number of nitrogens with two attached hydrogens (primary N) is 1. The molecule has 2 rings (SSSR count). The lowest BCUT2D eigenvalue weighted by molar-refractivity contribution is -0.151. The zero-order valence-corrected chi connectivity index (χ0v) is 17.2. The fourth-order valence-electron chi connectivity index (χ4n) is 3.91. The van der Waals surface area contributed by atoms with Gasteiger partial charge in [0.05, 0.1) is 12.5 Å². The lowest BCUT2D eigenvalue weighted by atomic mass is 10.0. The van der Waals surface area contributed by atoms with Crippen molar-refractivity contribution in [1.29, 1.82) is 0 Å². The Labute approximate surface area is 174 Å². The maximum Gasteiger partial charge on any atom is 0.326 e. The van der Waals surface area contributed by atoms with E-state index < -0.39 is 54.3 Å². The zero-order chi connectivity index (χ0) is 22.6. The summed E-state index contributed by atoms with van der Waals surface area (Å²) in [6.07, 6.45) is 1.03. The van der Waals surface area contributed by atoms with Crippen molar-refractivity contribution in [2.24, 2.45) is 11.7 Å². The summed E-state index contributed by atoms with van der Waals surface area (Å²) in [6, 6.07) is -4.07. The molecular formula is C19H30N4O7. The zero-order valence-electron chi connectivity index (χ0n) is 17.2. The summed E-state index contributed by atoms with van der Waals surface area (Å²) in [6.45, 7) is 4.12. The molecule has 2 saturated heterocycles. The Morgan fingerprint density at radius 3 is 2.00 bits per heavy atom. The van der Waals surface area contributed by atoms with Crippen LogP contribution in [0.1, 0.15) is 46.0 Å². The van der Waals surface area contributed by atoms with E-state index in [0.717, 1.165) is 4.90 Å². The summed E-state index contributed by atoms with van der Waals surface area (Å²) in [5.41, 5.74) is 5.93. The number of hydrogen-bond acceptors (Lipinski definition) is 6. The first kappa shape index (κ1) is 23.6. The average molecular weight is 426 g/mol. The molecule has 0 aromatic rings. The molecule has 168 valence electrons. The Hall–Kier alpha value is -2.69. The van der Waals surface area contributed by atoms with Crippen LogP contribution in [-0.4, -0.2) is 86.9 Å². The lowest BCUT2D eigenvalue weighted by Gasteiger charge is -2.30. The number of aliphatic carboxylic acids is 2. The number of carboxylic acid groups (broad SMARTS) is 2. The Morgan fingerprint density at radius 2 is 1.50 bits per heavy atom. The number of rotatable bonds is 8. The predicted molar refractivity (Wildman–Crippen MR) is 104 cm³/mol.